The molecule has 1 aromatic rings. The molecule has 4 bridgehead atoms. The summed E-state index contributed by atoms with van der Waals surface area (Å²) in [5.41, 5.74) is 0.737. The SMILES string of the molecule is O=C(Nc1ccccc1)O[C@@H]1C2C3CC1[C@@H](O)C32. The summed E-state index contributed by atoms with van der Waals surface area (Å²) < 4.78 is 5.48. The summed E-state index contributed by atoms with van der Waals surface area (Å²) >= 11 is 0. The highest BCUT2D eigenvalue weighted by Gasteiger charge is 2.75. The molecule has 4 unspecified atom stereocenters. The van der Waals surface area contributed by atoms with Crippen molar-refractivity contribution in [3.05, 3.63) is 30.3 Å². The van der Waals surface area contributed by atoms with Gasteiger partial charge in [-0.15, -0.1) is 0 Å². The van der Waals surface area contributed by atoms with Gasteiger partial charge in [-0.1, -0.05) is 18.2 Å². The molecule has 4 heteroatoms. The molecule has 0 aromatic heterocycles. The van der Waals surface area contributed by atoms with E-state index in [0.29, 0.717) is 17.8 Å². The summed E-state index contributed by atoms with van der Waals surface area (Å²) in [7, 11) is 0. The lowest BCUT2D eigenvalue weighted by Gasteiger charge is -2.18. The third-order valence-corrected chi connectivity index (χ3v) is 4.73. The van der Waals surface area contributed by atoms with Crippen LogP contribution in [-0.4, -0.2) is 23.4 Å². The Balaban J connectivity index is 1.40. The summed E-state index contributed by atoms with van der Waals surface area (Å²) in [4.78, 5) is 11.8. The van der Waals surface area contributed by atoms with Crippen molar-refractivity contribution in [1.82, 2.24) is 0 Å². The van der Waals surface area contributed by atoms with Gasteiger partial charge in [0.2, 0.25) is 0 Å². The summed E-state index contributed by atoms with van der Waals surface area (Å²) in [6, 6.07) is 9.27. The Morgan fingerprint density at radius 3 is 2.56 bits per heavy atom. The normalized spacial score (nSPS) is 42.7. The number of aliphatic hydroxyl groups excluding tert-OH is 1. The number of carbonyl (C=O) groups is 1. The van der Waals surface area contributed by atoms with Crippen LogP contribution in [0, 0.1) is 23.7 Å². The van der Waals surface area contributed by atoms with E-state index in [1.165, 1.54) is 0 Å². The molecule has 0 heterocycles. The number of para-hydroxylation sites is 1. The first-order chi connectivity index (χ1) is 8.75. The maximum atomic E-state index is 11.8. The van der Waals surface area contributed by atoms with E-state index in [9.17, 15) is 9.90 Å². The van der Waals surface area contributed by atoms with Crippen LogP contribution in [0.2, 0.25) is 0 Å². The maximum Gasteiger partial charge on any atom is 0.411 e. The van der Waals surface area contributed by atoms with E-state index in [2.05, 4.69) is 5.32 Å². The molecule has 4 aliphatic rings. The Morgan fingerprint density at radius 2 is 2.00 bits per heavy atom. The average Bonchev–Trinajstić information content (AvgIpc) is 2.69. The van der Waals surface area contributed by atoms with Gasteiger partial charge in [0.15, 0.2) is 0 Å². The van der Waals surface area contributed by atoms with Crippen LogP contribution in [-0.2, 0) is 4.74 Å². The number of ether oxygens (including phenoxy) is 1. The minimum atomic E-state index is -0.406. The molecular formula is C14H15NO3. The first kappa shape index (κ1) is 10.4. The van der Waals surface area contributed by atoms with Crippen molar-refractivity contribution >= 4 is 11.8 Å². The van der Waals surface area contributed by atoms with Crippen LogP contribution in [0.25, 0.3) is 0 Å². The van der Waals surface area contributed by atoms with Crippen molar-refractivity contribution in [2.75, 3.05) is 5.32 Å². The first-order valence-corrected chi connectivity index (χ1v) is 6.46. The maximum absolute atomic E-state index is 11.8. The Bertz CT molecular complexity index is 489. The molecular weight excluding hydrogens is 230 g/mol. The van der Waals surface area contributed by atoms with Crippen molar-refractivity contribution in [2.45, 2.75) is 18.6 Å². The lowest BCUT2D eigenvalue weighted by molar-refractivity contribution is 0.0535. The molecule has 18 heavy (non-hydrogen) atoms. The smallest absolute Gasteiger partial charge is 0.411 e. The zero-order valence-electron chi connectivity index (χ0n) is 9.82. The van der Waals surface area contributed by atoms with Gasteiger partial charge in [-0.25, -0.2) is 4.79 Å². The fourth-order valence-electron chi connectivity index (χ4n) is 4.00. The molecule has 6 atom stereocenters. The molecule has 5 rings (SSSR count). The van der Waals surface area contributed by atoms with Crippen molar-refractivity contribution in [1.29, 1.82) is 0 Å². The van der Waals surface area contributed by atoms with Crippen LogP contribution in [0.1, 0.15) is 6.42 Å². The zero-order chi connectivity index (χ0) is 12.3. The van der Waals surface area contributed by atoms with Crippen LogP contribution >= 0.6 is 0 Å². The topological polar surface area (TPSA) is 58.6 Å². The van der Waals surface area contributed by atoms with Crippen LogP contribution in [0.4, 0.5) is 10.5 Å². The molecule has 2 N–H and O–H groups in total. The van der Waals surface area contributed by atoms with E-state index in [4.69, 9.17) is 4.74 Å². The molecule has 94 valence electrons. The molecule has 0 aliphatic heterocycles. The summed E-state index contributed by atoms with van der Waals surface area (Å²) in [5.74, 6) is 1.61. The largest absolute Gasteiger partial charge is 0.445 e. The number of benzene rings is 1. The van der Waals surface area contributed by atoms with Gasteiger partial charge in [-0.3, -0.25) is 5.32 Å². The summed E-state index contributed by atoms with van der Waals surface area (Å²) in [6.45, 7) is 0. The van der Waals surface area contributed by atoms with Crippen LogP contribution in [0.3, 0.4) is 0 Å². The lowest BCUT2D eigenvalue weighted by Crippen LogP contribution is -2.28. The number of hydrogen-bond acceptors (Lipinski definition) is 3. The Hall–Kier alpha value is -1.55. The molecule has 1 aromatic carbocycles. The third kappa shape index (κ3) is 1.32. The average molecular weight is 245 g/mol. The number of nitrogens with one attached hydrogen (secondary N) is 1. The van der Waals surface area contributed by atoms with Gasteiger partial charge >= 0.3 is 6.09 Å². The van der Waals surface area contributed by atoms with Crippen LogP contribution < -0.4 is 5.32 Å². The van der Waals surface area contributed by atoms with E-state index in [0.717, 1.165) is 12.1 Å². The van der Waals surface area contributed by atoms with Gasteiger partial charge in [0, 0.05) is 17.5 Å². The van der Waals surface area contributed by atoms with E-state index < -0.39 is 6.09 Å². The third-order valence-electron chi connectivity index (χ3n) is 4.73. The molecule has 0 spiro atoms. The van der Waals surface area contributed by atoms with Gasteiger partial charge in [0.1, 0.15) is 6.10 Å². The number of hydrogen-bond donors (Lipinski definition) is 2. The van der Waals surface area contributed by atoms with E-state index >= 15 is 0 Å². The number of anilines is 1. The van der Waals surface area contributed by atoms with Crippen molar-refractivity contribution in [3.8, 4) is 0 Å². The molecule has 4 nitrogen and oxygen atoms in total. The van der Waals surface area contributed by atoms with Crippen LogP contribution in [0.5, 0.6) is 0 Å². The van der Waals surface area contributed by atoms with Gasteiger partial charge in [-0.05, 0) is 30.4 Å². The van der Waals surface area contributed by atoms with E-state index in [1.54, 1.807) is 0 Å². The fraction of sp³-hybridized carbons (Fsp3) is 0.500. The van der Waals surface area contributed by atoms with Gasteiger partial charge in [-0.2, -0.15) is 0 Å². The monoisotopic (exact) mass is 245 g/mol. The predicted molar refractivity (Wildman–Crippen MR) is 64.9 cm³/mol. The van der Waals surface area contributed by atoms with Crippen LogP contribution in [0.15, 0.2) is 30.3 Å². The molecule has 4 aliphatic carbocycles. The summed E-state index contributed by atoms with van der Waals surface area (Å²) in [5, 5.41) is 12.6. The Kier molecular flexibility index (Phi) is 2.01. The molecule has 0 saturated heterocycles. The molecule has 1 amide bonds. The second-order valence-electron chi connectivity index (χ2n) is 5.57. The second kappa shape index (κ2) is 3.48. The predicted octanol–water partition coefficient (Wildman–Crippen LogP) is 1.86. The Labute approximate surface area is 105 Å². The highest BCUT2D eigenvalue weighted by atomic mass is 16.6. The molecule has 4 saturated carbocycles. The number of rotatable bonds is 2. The zero-order valence-corrected chi connectivity index (χ0v) is 9.82. The molecule has 4 fully saturated rings. The number of carbonyl (C=O) groups excluding carboxylic acids is 1. The number of aliphatic hydroxyl groups is 1. The first-order valence-electron chi connectivity index (χ1n) is 6.46. The lowest BCUT2D eigenvalue weighted by atomic mass is 10.1. The minimum Gasteiger partial charge on any atom is -0.445 e. The van der Waals surface area contributed by atoms with Gasteiger partial charge < -0.3 is 9.84 Å². The van der Waals surface area contributed by atoms with Gasteiger partial charge in [0.05, 0.1) is 6.10 Å². The minimum absolute atomic E-state index is 0.0706. The highest BCUT2D eigenvalue weighted by Crippen LogP contribution is 2.71. The van der Waals surface area contributed by atoms with Crippen molar-refractivity contribution in [2.24, 2.45) is 23.7 Å². The standard InChI is InChI=1S/C14H15NO3/c16-12-9-6-8-10(12)11(8)13(9)18-14(17)15-7-4-2-1-3-5-7/h1-5,8-13,16H,6H2,(H,15,17)/t8?,9?,10?,11?,12-,13+/m1/s1. The second-order valence-corrected chi connectivity index (χ2v) is 5.57. The van der Waals surface area contributed by atoms with Crippen molar-refractivity contribution < 1.29 is 14.6 Å². The highest BCUT2D eigenvalue weighted by molar-refractivity contribution is 5.84. The Morgan fingerprint density at radius 1 is 1.22 bits per heavy atom. The van der Waals surface area contributed by atoms with Crippen molar-refractivity contribution in [3.63, 3.8) is 0 Å². The quantitative estimate of drug-likeness (QED) is 0.836. The summed E-state index contributed by atoms with van der Waals surface area (Å²) in [6.07, 6.45) is 0.310. The molecule has 0 radical (unpaired) electrons. The van der Waals surface area contributed by atoms with E-state index in [1.807, 2.05) is 30.3 Å². The van der Waals surface area contributed by atoms with Gasteiger partial charge in [0.25, 0.3) is 0 Å². The number of amides is 1. The fourth-order valence-corrected chi connectivity index (χ4v) is 4.00. The van der Waals surface area contributed by atoms with E-state index in [-0.39, 0.29) is 18.1 Å².